The second-order valence-corrected chi connectivity index (χ2v) is 9.17. The SMILES string of the molecule is CN(C)c1ccc(CN2CCN(C3c4ccccc4CCc4ccccc43)CC2)cc1. The number of benzene rings is 3. The standard InChI is InChI=1S/C28H33N3/c1-29(2)25-15-11-22(12-16-25)21-30-17-19-31(20-18-30)28-26-9-5-3-7-23(26)13-14-24-8-4-6-10-27(24)28/h3-12,15-16,28H,13-14,17-21H2,1-2H3. The van der Waals surface area contributed by atoms with Gasteiger partial charge in [0.15, 0.2) is 0 Å². The minimum atomic E-state index is 0.386. The Labute approximate surface area is 186 Å². The molecule has 0 radical (unpaired) electrons. The lowest BCUT2D eigenvalue weighted by atomic mass is 9.92. The summed E-state index contributed by atoms with van der Waals surface area (Å²) in [5.41, 5.74) is 8.74. The molecule has 3 aromatic rings. The molecule has 3 heteroatoms. The molecular weight excluding hydrogens is 378 g/mol. The second-order valence-electron chi connectivity index (χ2n) is 9.17. The average molecular weight is 412 g/mol. The van der Waals surface area contributed by atoms with Crippen LogP contribution >= 0.6 is 0 Å². The van der Waals surface area contributed by atoms with Crippen molar-refractivity contribution in [3.8, 4) is 0 Å². The van der Waals surface area contributed by atoms with Gasteiger partial charge in [-0.2, -0.15) is 0 Å². The molecule has 1 saturated heterocycles. The van der Waals surface area contributed by atoms with Crippen LogP contribution in [0.3, 0.4) is 0 Å². The fourth-order valence-electron chi connectivity index (χ4n) is 5.22. The molecule has 0 saturated carbocycles. The van der Waals surface area contributed by atoms with Crippen molar-refractivity contribution in [1.29, 1.82) is 0 Å². The largest absolute Gasteiger partial charge is 0.378 e. The van der Waals surface area contributed by atoms with Crippen molar-refractivity contribution in [3.05, 3.63) is 101 Å². The Morgan fingerprint density at radius 1 is 0.710 bits per heavy atom. The first-order chi connectivity index (χ1) is 15.2. The molecule has 5 rings (SSSR count). The maximum atomic E-state index is 2.72. The quantitative estimate of drug-likeness (QED) is 0.613. The summed E-state index contributed by atoms with van der Waals surface area (Å²) in [6.07, 6.45) is 2.29. The number of hydrogen-bond acceptors (Lipinski definition) is 3. The number of fused-ring (bicyclic) bond motifs is 2. The lowest BCUT2D eigenvalue weighted by Gasteiger charge is -2.40. The third kappa shape index (κ3) is 4.26. The van der Waals surface area contributed by atoms with Gasteiger partial charge in [-0.25, -0.2) is 0 Å². The van der Waals surface area contributed by atoms with Crippen molar-refractivity contribution in [3.63, 3.8) is 0 Å². The third-order valence-corrected chi connectivity index (χ3v) is 6.99. The van der Waals surface area contributed by atoms with Crippen LogP contribution in [-0.4, -0.2) is 50.1 Å². The van der Waals surface area contributed by atoms with E-state index in [0.29, 0.717) is 6.04 Å². The van der Waals surface area contributed by atoms with Crippen molar-refractivity contribution in [2.45, 2.75) is 25.4 Å². The summed E-state index contributed by atoms with van der Waals surface area (Å²) in [7, 11) is 4.19. The third-order valence-electron chi connectivity index (χ3n) is 6.99. The summed E-state index contributed by atoms with van der Waals surface area (Å²) in [4.78, 5) is 7.48. The molecule has 3 nitrogen and oxygen atoms in total. The van der Waals surface area contributed by atoms with Gasteiger partial charge in [-0.3, -0.25) is 9.80 Å². The molecule has 1 heterocycles. The van der Waals surface area contributed by atoms with E-state index in [1.54, 1.807) is 0 Å². The molecule has 3 aromatic carbocycles. The van der Waals surface area contributed by atoms with Gasteiger partial charge in [-0.1, -0.05) is 60.7 Å². The summed E-state index contributed by atoms with van der Waals surface area (Å²) < 4.78 is 0. The first-order valence-electron chi connectivity index (χ1n) is 11.6. The predicted octanol–water partition coefficient (Wildman–Crippen LogP) is 4.76. The van der Waals surface area contributed by atoms with E-state index in [1.807, 2.05) is 0 Å². The van der Waals surface area contributed by atoms with E-state index in [9.17, 15) is 0 Å². The minimum Gasteiger partial charge on any atom is -0.378 e. The van der Waals surface area contributed by atoms with Gasteiger partial charge in [-0.15, -0.1) is 0 Å². The molecule has 0 spiro atoms. The Hall–Kier alpha value is -2.62. The summed E-state index contributed by atoms with van der Waals surface area (Å²) in [6, 6.07) is 27.6. The van der Waals surface area contributed by atoms with Crippen molar-refractivity contribution in [2.24, 2.45) is 0 Å². The molecule has 0 aromatic heterocycles. The van der Waals surface area contributed by atoms with Gasteiger partial charge in [0.2, 0.25) is 0 Å². The van der Waals surface area contributed by atoms with E-state index in [4.69, 9.17) is 0 Å². The molecule has 31 heavy (non-hydrogen) atoms. The van der Waals surface area contributed by atoms with Crippen LogP contribution in [0.4, 0.5) is 5.69 Å². The highest BCUT2D eigenvalue weighted by Crippen LogP contribution is 2.37. The average Bonchev–Trinajstić information content (AvgIpc) is 2.97. The number of rotatable bonds is 4. The van der Waals surface area contributed by atoms with Crippen LogP contribution in [0.25, 0.3) is 0 Å². The van der Waals surface area contributed by atoms with Gasteiger partial charge >= 0.3 is 0 Å². The fourth-order valence-corrected chi connectivity index (χ4v) is 5.22. The molecule has 2 aliphatic rings. The van der Waals surface area contributed by atoms with E-state index >= 15 is 0 Å². The molecule has 1 aliphatic carbocycles. The van der Waals surface area contributed by atoms with Crippen molar-refractivity contribution in [2.75, 3.05) is 45.2 Å². The highest BCUT2D eigenvalue weighted by molar-refractivity contribution is 5.46. The van der Waals surface area contributed by atoms with Crippen LogP contribution in [0.1, 0.15) is 33.9 Å². The van der Waals surface area contributed by atoms with E-state index in [1.165, 1.54) is 33.5 Å². The van der Waals surface area contributed by atoms with Crippen LogP contribution in [0.15, 0.2) is 72.8 Å². The Kier molecular flexibility index (Phi) is 5.80. The van der Waals surface area contributed by atoms with Crippen molar-refractivity contribution >= 4 is 5.69 Å². The van der Waals surface area contributed by atoms with Gasteiger partial charge in [0.05, 0.1) is 6.04 Å². The van der Waals surface area contributed by atoms with Gasteiger partial charge in [0.25, 0.3) is 0 Å². The normalized spacial score (nSPS) is 17.6. The summed E-state index contributed by atoms with van der Waals surface area (Å²) in [6.45, 7) is 5.51. The highest BCUT2D eigenvalue weighted by Gasteiger charge is 2.30. The first kappa shape index (κ1) is 20.3. The molecule has 0 bridgehead atoms. The minimum absolute atomic E-state index is 0.386. The highest BCUT2D eigenvalue weighted by atomic mass is 15.3. The Bertz CT molecular complexity index is 969. The van der Waals surface area contributed by atoms with Crippen LogP contribution in [0.5, 0.6) is 0 Å². The maximum absolute atomic E-state index is 2.72. The molecular formula is C28H33N3. The number of anilines is 1. The lowest BCUT2D eigenvalue weighted by molar-refractivity contribution is 0.104. The van der Waals surface area contributed by atoms with Crippen LogP contribution in [0, 0.1) is 0 Å². The Morgan fingerprint density at radius 3 is 1.81 bits per heavy atom. The van der Waals surface area contributed by atoms with Gasteiger partial charge in [0, 0.05) is 52.5 Å². The topological polar surface area (TPSA) is 9.72 Å². The monoisotopic (exact) mass is 411 g/mol. The molecule has 1 aliphatic heterocycles. The molecule has 0 atom stereocenters. The fraction of sp³-hybridized carbons (Fsp3) is 0.357. The van der Waals surface area contributed by atoms with Crippen molar-refractivity contribution in [1.82, 2.24) is 9.80 Å². The van der Waals surface area contributed by atoms with Gasteiger partial charge < -0.3 is 4.90 Å². The van der Waals surface area contributed by atoms with Gasteiger partial charge in [-0.05, 0) is 52.8 Å². The lowest BCUT2D eigenvalue weighted by Crippen LogP contribution is -2.47. The Morgan fingerprint density at radius 2 is 1.26 bits per heavy atom. The molecule has 1 fully saturated rings. The molecule has 0 amide bonds. The van der Waals surface area contributed by atoms with Crippen LogP contribution < -0.4 is 4.90 Å². The summed E-state index contributed by atoms with van der Waals surface area (Å²) >= 11 is 0. The zero-order valence-corrected chi connectivity index (χ0v) is 18.8. The number of hydrogen-bond donors (Lipinski definition) is 0. The summed E-state index contributed by atoms with van der Waals surface area (Å²) in [5.74, 6) is 0. The van der Waals surface area contributed by atoms with Crippen LogP contribution in [0.2, 0.25) is 0 Å². The van der Waals surface area contributed by atoms with E-state index in [2.05, 4.69) is 102 Å². The molecule has 0 N–H and O–H groups in total. The number of nitrogens with zero attached hydrogens (tertiary/aromatic N) is 3. The van der Waals surface area contributed by atoms with Crippen molar-refractivity contribution < 1.29 is 0 Å². The predicted molar refractivity (Wildman–Crippen MR) is 130 cm³/mol. The number of aryl methyl sites for hydroxylation is 2. The zero-order valence-electron chi connectivity index (χ0n) is 18.8. The zero-order chi connectivity index (χ0) is 21.2. The van der Waals surface area contributed by atoms with E-state index < -0.39 is 0 Å². The molecule has 0 unspecified atom stereocenters. The van der Waals surface area contributed by atoms with Crippen LogP contribution in [-0.2, 0) is 19.4 Å². The number of piperazine rings is 1. The second kappa shape index (κ2) is 8.86. The van der Waals surface area contributed by atoms with Gasteiger partial charge in [0.1, 0.15) is 0 Å². The van der Waals surface area contributed by atoms with E-state index in [0.717, 1.165) is 45.6 Å². The molecule has 160 valence electrons. The smallest absolute Gasteiger partial charge is 0.0608 e. The summed E-state index contributed by atoms with van der Waals surface area (Å²) in [5, 5.41) is 0. The first-order valence-corrected chi connectivity index (χ1v) is 11.6. The Balaban J connectivity index is 1.32. The maximum Gasteiger partial charge on any atom is 0.0608 e. The van der Waals surface area contributed by atoms with E-state index in [-0.39, 0.29) is 0 Å².